The molecule has 1 aromatic rings. The molecule has 0 bridgehead atoms. The van der Waals surface area contributed by atoms with Gasteiger partial charge in [-0.2, -0.15) is 0 Å². The van der Waals surface area contributed by atoms with Gasteiger partial charge in [0.2, 0.25) is 0 Å². The molecule has 2 rings (SSSR count). The number of nitrogens with one attached hydrogen (secondary N) is 1. The Kier molecular flexibility index (Phi) is 4.28. The predicted octanol–water partition coefficient (Wildman–Crippen LogP) is 2.08. The second kappa shape index (κ2) is 5.79. The van der Waals surface area contributed by atoms with Crippen molar-refractivity contribution in [1.82, 2.24) is 5.32 Å². The van der Waals surface area contributed by atoms with E-state index < -0.39 is 17.3 Å². The van der Waals surface area contributed by atoms with E-state index in [-0.39, 0.29) is 17.8 Å². The summed E-state index contributed by atoms with van der Waals surface area (Å²) in [6.45, 7) is 2.35. The number of amides is 1. The van der Waals surface area contributed by atoms with E-state index in [2.05, 4.69) is 12.2 Å². The van der Waals surface area contributed by atoms with E-state index in [0.717, 1.165) is 25.0 Å². The molecule has 1 aliphatic carbocycles. The summed E-state index contributed by atoms with van der Waals surface area (Å²) in [5.74, 6) is -0.336. The van der Waals surface area contributed by atoms with E-state index in [1.807, 2.05) is 0 Å². The van der Waals surface area contributed by atoms with Crippen LogP contribution >= 0.6 is 0 Å². The molecule has 1 fully saturated rings. The van der Waals surface area contributed by atoms with Crippen LogP contribution in [0, 0.1) is 11.7 Å². The van der Waals surface area contributed by atoms with Crippen molar-refractivity contribution in [3.8, 4) is 0 Å². The molecular weight excluding hydrogens is 259 g/mol. The number of aliphatic hydroxyl groups is 1. The molecule has 4 N–H and O–H groups in total. The van der Waals surface area contributed by atoms with Crippen LogP contribution in [0.2, 0.25) is 0 Å². The van der Waals surface area contributed by atoms with Crippen LogP contribution in [0.3, 0.4) is 0 Å². The van der Waals surface area contributed by atoms with Crippen LogP contribution in [0.1, 0.15) is 43.0 Å². The molecule has 5 heteroatoms. The van der Waals surface area contributed by atoms with Gasteiger partial charge in [-0.15, -0.1) is 0 Å². The Morgan fingerprint density at radius 3 is 2.70 bits per heavy atom. The van der Waals surface area contributed by atoms with Crippen LogP contribution in [0.25, 0.3) is 0 Å². The lowest BCUT2D eigenvalue weighted by Gasteiger charge is -2.34. The number of hydrogen-bond donors (Lipinski definition) is 3. The van der Waals surface area contributed by atoms with Gasteiger partial charge in [-0.25, -0.2) is 4.39 Å². The standard InChI is InChI=1S/C15H21FN2O2/c1-10-2-4-15(20,5-3-10)9-18-14(19)11-6-12(16)8-13(17)7-11/h6-8,10,20H,2-5,9,17H2,1H3,(H,18,19). The zero-order valence-corrected chi connectivity index (χ0v) is 11.7. The molecule has 0 aromatic heterocycles. The SMILES string of the molecule is CC1CCC(O)(CNC(=O)c2cc(N)cc(F)c2)CC1. The van der Waals surface area contributed by atoms with Gasteiger partial charge < -0.3 is 16.2 Å². The zero-order chi connectivity index (χ0) is 14.8. The number of halogens is 1. The van der Waals surface area contributed by atoms with E-state index in [9.17, 15) is 14.3 Å². The number of hydrogen-bond acceptors (Lipinski definition) is 3. The Morgan fingerprint density at radius 1 is 1.45 bits per heavy atom. The van der Waals surface area contributed by atoms with Gasteiger partial charge in [0, 0.05) is 17.8 Å². The minimum atomic E-state index is -0.846. The number of carbonyl (C=O) groups excluding carboxylic acids is 1. The van der Waals surface area contributed by atoms with Crippen LogP contribution in [0.5, 0.6) is 0 Å². The summed E-state index contributed by atoms with van der Waals surface area (Å²) < 4.78 is 13.2. The Bertz CT molecular complexity index is 476. The van der Waals surface area contributed by atoms with Crippen molar-refractivity contribution in [3.63, 3.8) is 0 Å². The molecule has 0 atom stereocenters. The summed E-state index contributed by atoms with van der Waals surface area (Å²) >= 11 is 0. The molecule has 1 amide bonds. The molecule has 20 heavy (non-hydrogen) atoms. The lowest BCUT2D eigenvalue weighted by Crippen LogP contribution is -2.45. The first-order valence-corrected chi connectivity index (χ1v) is 6.95. The van der Waals surface area contributed by atoms with E-state index in [1.165, 1.54) is 6.07 Å². The van der Waals surface area contributed by atoms with Gasteiger partial charge in [-0.05, 0) is 49.8 Å². The number of rotatable bonds is 3. The molecule has 0 radical (unpaired) electrons. The molecule has 0 heterocycles. The maximum atomic E-state index is 13.2. The summed E-state index contributed by atoms with van der Waals surface area (Å²) in [7, 11) is 0. The molecule has 110 valence electrons. The van der Waals surface area contributed by atoms with Crippen LogP contribution in [0.15, 0.2) is 18.2 Å². The Labute approximate surface area is 118 Å². The number of carbonyl (C=O) groups is 1. The molecule has 1 saturated carbocycles. The van der Waals surface area contributed by atoms with Crippen molar-refractivity contribution in [2.24, 2.45) is 5.92 Å². The largest absolute Gasteiger partial charge is 0.399 e. The lowest BCUT2D eigenvalue weighted by molar-refractivity contribution is -0.00539. The Balaban J connectivity index is 1.95. The van der Waals surface area contributed by atoms with Crippen molar-refractivity contribution in [1.29, 1.82) is 0 Å². The van der Waals surface area contributed by atoms with Gasteiger partial charge in [-0.3, -0.25) is 4.79 Å². The molecule has 0 saturated heterocycles. The van der Waals surface area contributed by atoms with Gasteiger partial charge in [0.1, 0.15) is 5.82 Å². The maximum Gasteiger partial charge on any atom is 0.251 e. The third-order valence-electron chi connectivity index (χ3n) is 3.97. The lowest BCUT2D eigenvalue weighted by atomic mass is 9.79. The molecule has 1 aliphatic rings. The van der Waals surface area contributed by atoms with E-state index in [0.29, 0.717) is 18.8 Å². The first kappa shape index (κ1) is 14.8. The normalized spacial score (nSPS) is 26.2. The van der Waals surface area contributed by atoms with Crippen molar-refractivity contribution in [3.05, 3.63) is 29.6 Å². The fraction of sp³-hybridized carbons (Fsp3) is 0.533. The highest BCUT2D eigenvalue weighted by Gasteiger charge is 2.32. The molecule has 1 aromatic carbocycles. The monoisotopic (exact) mass is 280 g/mol. The van der Waals surface area contributed by atoms with E-state index in [4.69, 9.17) is 5.73 Å². The van der Waals surface area contributed by atoms with E-state index >= 15 is 0 Å². The van der Waals surface area contributed by atoms with Gasteiger partial charge in [0.25, 0.3) is 5.91 Å². The second-order valence-electron chi connectivity index (χ2n) is 5.86. The quantitative estimate of drug-likeness (QED) is 0.742. The smallest absolute Gasteiger partial charge is 0.251 e. The number of nitrogens with two attached hydrogens (primary N) is 1. The highest BCUT2D eigenvalue weighted by atomic mass is 19.1. The summed E-state index contributed by atoms with van der Waals surface area (Å²) in [5.41, 5.74) is 5.05. The van der Waals surface area contributed by atoms with Crippen LogP contribution in [-0.2, 0) is 0 Å². The molecule has 0 spiro atoms. The van der Waals surface area contributed by atoms with Crippen LogP contribution in [-0.4, -0.2) is 23.2 Å². The zero-order valence-electron chi connectivity index (χ0n) is 11.7. The fourth-order valence-electron chi connectivity index (χ4n) is 2.57. The van der Waals surface area contributed by atoms with Crippen LogP contribution in [0.4, 0.5) is 10.1 Å². The van der Waals surface area contributed by atoms with Gasteiger partial charge in [0.15, 0.2) is 0 Å². The Morgan fingerprint density at radius 2 is 2.10 bits per heavy atom. The van der Waals surface area contributed by atoms with Gasteiger partial charge in [0.05, 0.1) is 5.60 Å². The third-order valence-corrected chi connectivity index (χ3v) is 3.97. The van der Waals surface area contributed by atoms with Crippen molar-refractivity contribution in [2.75, 3.05) is 12.3 Å². The number of anilines is 1. The molecular formula is C15H21FN2O2. The maximum absolute atomic E-state index is 13.2. The van der Waals surface area contributed by atoms with Crippen LogP contribution < -0.4 is 11.1 Å². The average molecular weight is 280 g/mol. The second-order valence-corrected chi connectivity index (χ2v) is 5.86. The number of benzene rings is 1. The fourth-order valence-corrected chi connectivity index (χ4v) is 2.57. The molecule has 4 nitrogen and oxygen atoms in total. The van der Waals surface area contributed by atoms with Crippen molar-refractivity contribution < 1.29 is 14.3 Å². The predicted molar refractivity (Wildman–Crippen MR) is 75.7 cm³/mol. The molecule has 0 aliphatic heterocycles. The average Bonchev–Trinajstić information content (AvgIpc) is 2.39. The minimum Gasteiger partial charge on any atom is -0.399 e. The van der Waals surface area contributed by atoms with Crippen molar-refractivity contribution >= 4 is 11.6 Å². The topological polar surface area (TPSA) is 75.3 Å². The van der Waals surface area contributed by atoms with E-state index in [1.54, 1.807) is 0 Å². The highest BCUT2D eigenvalue weighted by Crippen LogP contribution is 2.31. The number of nitrogen functional groups attached to an aromatic ring is 1. The molecule has 0 unspecified atom stereocenters. The first-order chi connectivity index (χ1) is 9.38. The third kappa shape index (κ3) is 3.70. The first-order valence-electron chi connectivity index (χ1n) is 6.95. The summed E-state index contributed by atoms with van der Waals surface area (Å²) in [4.78, 5) is 12.0. The minimum absolute atomic E-state index is 0.176. The summed E-state index contributed by atoms with van der Waals surface area (Å²) in [5, 5.41) is 13.0. The van der Waals surface area contributed by atoms with Gasteiger partial charge in [-0.1, -0.05) is 6.92 Å². The summed E-state index contributed by atoms with van der Waals surface area (Å²) in [6, 6.07) is 3.72. The summed E-state index contributed by atoms with van der Waals surface area (Å²) in [6.07, 6.45) is 3.28. The Hall–Kier alpha value is -1.62. The highest BCUT2D eigenvalue weighted by molar-refractivity contribution is 5.95. The van der Waals surface area contributed by atoms with Crippen molar-refractivity contribution in [2.45, 2.75) is 38.2 Å². The van der Waals surface area contributed by atoms with Gasteiger partial charge >= 0.3 is 0 Å².